The molecule has 0 spiro atoms. The molecule has 1 heteroatoms. The Hall–Kier alpha value is -1.08. The minimum atomic E-state index is -0.0438. The Morgan fingerprint density at radius 2 is 1.75 bits per heavy atom. The van der Waals surface area contributed by atoms with Crippen molar-refractivity contribution in [1.29, 1.82) is 0 Å². The molecule has 86 valence electrons. The van der Waals surface area contributed by atoms with Crippen molar-refractivity contribution in [3.63, 3.8) is 0 Å². The lowest BCUT2D eigenvalue weighted by Gasteiger charge is -2.24. The molecule has 0 saturated carbocycles. The fourth-order valence-electron chi connectivity index (χ4n) is 1.77. The van der Waals surface area contributed by atoms with Crippen LogP contribution in [0.25, 0.3) is 6.08 Å². The number of epoxide rings is 1. The zero-order chi connectivity index (χ0) is 11.8. The smallest absolute Gasteiger partial charge is 0.115 e. The molecule has 1 saturated heterocycles. The van der Waals surface area contributed by atoms with E-state index in [1.54, 1.807) is 0 Å². The molecule has 1 nitrogen and oxygen atoms in total. The Labute approximate surface area is 98.1 Å². The van der Waals surface area contributed by atoms with Gasteiger partial charge in [-0.2, -0.15) is 0 Å². The second kappa shape index (κ2) is 3.74. The van der Waals surface area contributed by atoms with Crippen molar-refractivity contribution in [3.05, 3.63) is 41.5 Å². The molecule has 0 aliphatic carbocycles. The standard InChI is InChI=1S/C15H20O/c1-12-5-7-13(8-6-12)9-10-15(11-16-15)14(2,3)4/h5-10H,11H2,1-4H3. The molecule has 16 heavy (non-hydrogen) atoms. The van der Waals surface area contributed by atoms with Crippen LogP contribution in [-0.2, 0) is 4.74 Å². The van der Waals surface area contributed by atoms with Gasteiger partial charge in [0.1, 0.15) is 5.60 Å². The number of benzene rings is 1. The van der Waals surface area contributed by atoms with E-state index >= 15 is 0 Å². The summed E-state index contributed by atoms with van der Waals surface area (Å²) in [5.74, 6) is 0. The zero-order valence-electron chi connectivity index (χ0n) is 10.6. The van der Waals surface area contributed by atoms with Gasteiger partial charge in [0, 0.05) is 0 Å². The van der Waals surface area contributed by atoms with E-state index in [1.165, 1.54) is 11.1 Å². The largest absolute Gasteiger partial charge is 0.365 e. The third kappa shape index (κ3) is 2.19. The van der Waals surface area contributed by atoms with Crippen LogP contribution in [0.2, 0.25) is 0 Å². The molecule has 1 aromatic rings. The van der Waals surface area contributed by atoms with E-state index < -0.39 is 0 Å². The van der Waals surface area contributed by atoms with Crippen molar-refractivity contribution in [3.8, 4) is 0 Å². The lowest BCUT2D eigenvalue weighted by atomic mass is 9.80. The van der Waals surface area contributed by atoms with Gasteiger partial charge in [-0.1, -0.05) is 56.7 Å². The van der Waals surface area contributed by atoms with Crippen molar-refractivity contribution >= 4 is 6.08 Å². The quantitative estimate of drug-likeness (QED) is 0.685. The van der Waals surface area contributed by atoms with E-state index in [2.05, 4.69) is 64.1 Å². The molecule has 1 aromatic carbocycles. The molecule has 1 aliphatic rings. The van der Waals surface area contributed by atoms with Gasteiger partial charge in [0.25, 0.3) is 0 Å². The van der Waals surface area contributed by atoms with Crippen molar-refractivity contribution < 1.29 is 4.74 Å². The van der Waals surface area contributed by atoms with Crippen molar-refractivity contribution in [1.82, 2.24) is 0 Å². The fraction of sp³-hybridized carbons (Fsp3) is 0.467. The lowest BCUT2D eigenvalue weighted by molar-refractivity contribution is 0.201. The molecule has 0 N–H and O–H groups in total. The third-order valence-electron chi connectivity index (χ3n) is 3.35. The number of aryl methyl sites for hydroxylation is 1. The second-order valence-corrected chi connectivity index (χ2v) is 5.67. The summed E-state index contributed by atoms with van der Waals surface area (Å²) in [7, 11) is 0. The van der Waals surface area contributed by atoms with Gasteiger partial charge in [0.05, 0.1) is 6.61 Å². The number of ether oxygens (including phenoxy) is 1. The average molecular weight is 216 g/mol. The van der Waals surface area contributed by atoms with Crippen LogP contribution in [0.3, 0.4) is 0 Å². The van der Waals surface area contributed by atoms with Crippen LogP contribution in [0.5, 0.6) is 0 Å². The highest BCUT2D eigenvalue weighted by Gasteiger charge is 2.51. The highest BCUT2D eigenvalue weighted by atomic mass is 16.6. The monoisotopic (exact) mass is 216 g/mol. The third-order valence-corrected chi connectivity index (χ3v) is 3.35. The average Bonchev–Trinajstić information content (AvgIpc) is 2.97. The number of hydrogen-bond donors (Lipinski definition) is 0. The number of rotatable bonds is 2. The Balaban J connectivity index is 2.13. The lowest BCUT2D eigenvalue weighted by Crippen LogP contribution is -2.27. The summed E-state index contributed by atoms with van der Waals surface area (Å²) in [6.45, 7) is 9.62. The molecule has 0 aromatic heterocycles. The van der Waals surface area contributed by atoms with Gasteiger partial charge < -0.3 is 4.74 Å². The van der Waals surface area contributed by atoms with E-state index in [0.29, 0.717) is 0 Å². The van der Waals surface area contributed by atoms with Crippen LogP contribution in [0.4, 0.5) is 0 Å². The molecule has 1 fully saturated rings. The molecule has 0 amide bonds. The molecule has 1 aliphatic heterocycles. The molecule has 1 unspecified atom stereocenters. The first-order valence-electron chi connectivity index (χ1n) is 5.83. The summed E-state index contributed by atoms with van der Waals surface area (Å²) in [5.41, 5.74) is 2.67. The van der Waals surface area contributed by atoms with Gasteiger partial charge in [0.2, 0.25) is 0 Å². The summed E-state index contributed by atoms with van der Waals surface area (Å²) in [5, 5.41) is 0. The van der Waals surface area contributed by atoms with Crippen LogP contribution in [0.15, 0.2) is 30.3 Å². The summed E-state index contributed by atoms with van der Waals surface area (Å²) in [4.78, 5) is 0. The van der Waals surface area contributed by atoms with Gasteiger partial charge in [-0.05, 0) is 24.0 Å². The maximum absolute atomic E-state index is 5.62. The van der Waals surface area contributed by atoms with E-state index in [9.17, 15) is 0 Å². The van der Waals surface area contributed by atoms with E-state index in [-0.39, 0.29) is 11.0 Å². The van der Waals surface area contributed by atoms with E-state index in [1.807, 2.05) is 0 Å². The maximum Gasteiger partial charge on any atom is 0.115 e. The van der Waals surface area contributed by atoms with Crippen LogP contribution in [0, 0.1) is 12.3 Å². The molecule has 0 radical (unpaired) electrons. The Bertz CT molecular complexity index is 388. The van der Waals surface area contributed by atoms with Crippen molar-refractivity contribution in [2.45, 2.75) is 33.3 Å². The molecule has 0 bridgehead atoms. The summed E-state index contributed by atoms with van der Waals surface area (Å²) < 4.78 is 5.62. The van der Waals surface area contributed by atoms with Crippen LogP contribution < -0.4 is 0 Å². The topological polar surface area (TPSA) is 12.5 Å². The molecule has 1 heterocycles. The minimum Gasteiger partial charge on any atom is -0.365 e. The van der Waals surface area contributed by atoms with Gasteiger partial charge in [0.15, 0.2) is 0 Å². The Kier molecular flexibility index (Phi) is 2.67. The Morgan fingerprint density at radius 1 is 1.19 bits per heavy atom. The molecule has 1 atom stereocenters. The Morgan fingerprint density at radius 3 is 2.19 bits per heavy atom. The fourth-order valence-corrected chi connectivity index (χ4v) is 1.77. The highest BCUT2D eigenvalue weighted by molar-refractivity contribution is 5.52. The van der Waals surface area contributed by atoms with E-state index in [4.69, 9.17) is 4.74 Å². The summed E-state index contributed by atoms with van der Waals surface area (Å²) in [6.07, 6.45) is 4.37. The SMILES string of the molecule is Cc1ccc(C=CC2(C(C)(C)C)CO2)cc1. The van der Waals surface area contributed by atoms with Crippen LogP contribution >= 0.6 is 0 Å². The second-order valence-electron chi connectivity index (χ2n) is 5.67. The summed E-state index contributed by atoms with van der Waals surface area (Å²) >= 11 is 0. The first-order chi connectivity index (χ1) is 7.43. The highest BCUT2D eigenvalue weighted by Crippen LogP contribution is 2.45. The first-order valence-corrected chi connectivity index (χ1v) is 5.83. The van der Waals surface area contributed by atoms with Gasteiger partial charge in [-0.3, -0.25) is 0 Å². The van der Waals surface area contributed by atoms with Crippen LogP contribution in [-0.4, -0.2) is 12.2 Å². The predicted molar refractivity (Wildman–Crippen MR) is 68.4 cm³/mol. The van der Waals surface area contributed by atoms with Crippen molar-refractivity contribution in [2.75, 3.05) is 6.61 Å². The molecular formula is C15H20O. The van der Waals surface area contributed by atoms with Gasteiger partial charge in [-0.25, -0.2) is 0 Å². The minimum absolute atomic E-state index is 0.0438. The maximum atomic E-state index is 5.62. The van der Waals surface area contributed by atoms with Crippen molar-refractivity contribution in [2.24, 2.45) is 5.41 Å². The van der Waals surface area contributed by atoms with E-state index in [0.717, 1.165) is 6.61 Å². The first kappa shape index (κ1) is 11.4. The molecule has 2 rings (SSSR count). The van der Waals surface area contributed by atoms with Gasteiger partial charge in [-0.15, -0.1) is 0 Å². The zero-order valence-corrected chi connectivity index (χ0v) is 10.6. The molecular weight excluding hydrogens is 196 g/mol. The summed E-state index contributed by atoms with van der Waals surface area (Å²) in [6, 6.07) is 8.56. The van der Waals surface area contributed by atoms with Crippen LogP contribution in [0.1, 0.15) is 31.9 Å². The van der Waals surface area contributed by atoms with Gasteiger partial charge >= 0.3 is 0 Å². The predicted octanol–water partition coefficient (Wildman–Crippen LogP) is 3.82. The normalized spacial score (nSPS) is 25.0. The number of hydrogen-bond acceptors (Lipinski definition) is 1.